The van der Waals surface area contributed by atoms with Crippen LogP contribution in [0.5, 0.6) is 0 Å². The molecule has 1 fully saturated rings. The molecule has 0 aromatic heterocycles. The Morgan fingerprint density at radius 3 is 2.93 bits per heavy atom. The third-order valence-corrected chi connectivity index (χ3v) is 4.32. The second-order valence-electron chi connectivity index (χ2n) is 4.42. The lowest BCUT2D eigenvalue weighted by Gasteiger charge is -2.29. The number of hydrogen-bond donors (Lipinski definition) is 1. The van der Waals surface area contributed by atoms with E-state index in [0.29, 0.717) is 6.04 Å². The SMILES string of the molecule is CCSCC(C)N1CCCNC(CC)C1. The summed E-state index contributed by atoms with van der Waals surface area (Å²) in [5.74, 6) is 2.53. The first-order valence-electron chi connectivity index (χ1n) is 6.33. The maximum Gasteiger partial charge on any atom is 0.0192 e. The van der Waals surface area contributed by atoms with Gasteiger partial charge in [0.2, 0.25) is 0 Å². The third-order valence-electron chi connectivity index (χ3n) is 3.19. The molecular weight excluding hydrogens is 204 g/mol. The van der Waals surface area contributed by atoms with E-state index in [1.54, 1.807) is 0 Å². The summed E-state index contributed by atoms with van der Waals surface area (Å²) in [6.45, 7) is 10.6. The Kier molecular flexibility index (Phi) is 6.69. The fourth-order valence-electron chi connectivity index (χ4n) is 2.09. The lowest BCUT2D eigenvalue weighted by atomic mass is 10.2. The Morgan fingerprint density at radius 1 is 1.47 bits per heavy atom. The Labute approximate surface area is 99.2 Å². The average molecular weight is 230 g/mol. The molecule has 1 saturated heterocycles. The highest BCUT2D eigenvalue weighted by Gasteiger charge is 2.19. The minimum absolute atomic E-state index is 0.710. The van der Waals surface area contributed by atoms with Crippen molar-refractivity contribution in [2.45, 2.75) is 45.7 Å². The Hall–Kier alpha value is 0.270. The molecule has 1 aliphatic rings. The Bertz CT molecular complexity index is 164. The second kappa shape index (κ2) is 7.53. The van der Waals surface area contributed by atoms with Crippen molar-refractivity contribution in [2.75, 3.05) is 31.1 Å². The molecule has 3 heteroatoms. The minimum Gasteiger partial charge on any atom is -0.313 e. The van der Waals surface area contributed by atoms with Crippen molar-refractivity contribution < 1.29 is 0 Å². The first-order valence-corrected chi connectivity index (χ1v) is 7.48. The van der Waals surface area contributed by atoms with Crippen molar-refractivity contribution >= 4 is 11.8 Å². The van der Waals surface area contributed by atoms with Crippen molar-refractivity contribution in [3.63, 3.8) is 0 Å². The van der Waals surface area contributed by atoms with E-state index in [-0.39, 0.29) is 0 Å². The summed E-state index contributed by atoms with van der Waals surface area (Å²) in [5.41, 5.74) is 0. The topological polar surface area (TPSA) is 15.3 Å². The van der Waals surface area contributed by atoms with Crippen molar-refractivity contribution in [1.82, 2.24) is 10.2 Å². The van der Waals surface area contributed by atoms with Gasteiger partial charge in [-0.2, -0.15) is 11.8 Å². The van der Waals surface area contributed by atoms with Crippen molar-refractivity contribution in [3.05, 3.63) is 0 Å². The zero-order chi connectivity index (χ0) is 11.1. The van der Waals surface area contributed by atoms with Crippen LogP contribution in [0.1, 0.15) is 33.6 Å². The quantitative estimate of drug-likeness (QED) is 0.779. The van der Waals surface area contributed by atoms with Crippen molar-refractivity contribution in [1.29, 1.82) is 0 Å². The lowest BCUT2D eigenvalue weighted by Crippen LogP contribution is -2.42. The molecule has 2 atom stereocenters. The average Bonchev–Trinajstić information content (AvgIpc) is 2.50. The van der Waals surface area contributed by atoms with Gasteiger partial charge in [0.05, 0.1) is 0 Å². The zero-order valence-corrected chi connectivity index (χ0v) is 11.3. The van der Waals surface area contributed by atoms with Gasteiger partial charge < -0.3 is 5.32 Å². The second-order valence-corrected chi connectivity index (χ2v) is 5.74. The molecule has 0 aliphatic carbocycles. The largest absolute Gasteiger partial charge is 0.313 e. The minimum atomic E-state index is 0.710. The van der Waals surface area contributed by atoms with Crippen molar-refractivity contribution in [2.24, 2.45) is 0 Å². The number of nitrogens with zero attached hydrogens (tertiary/aromatic N) is 1. The van der Waals surface area contributed by atoms with Crippen LogP contribution in [0.25, 0.3) is 0 Å². The molecule has 1 heterocycles. The molecule has 0 aromatic carbocycles. The highest BCUT2D eigenvalue weighted by molar-refractivity contribution is 7.99. The van der Waals surface area contributed by atoms with E-state index in [9.17, 15) is 0 Å². The monoisotopic (exact) mass is 230 g/mol. The van der Waals surface area contributed by atoms with Gasteiger partial charge in [0.1, 0.15) is 0 Å². The van der Waals surface area contributed by atoms with Gasteiger partial charge in [-0.15, -0.1) is 0 Å². The van der Waals surface area contributed by atoms with E-state index >= 15 is 0 Å². The fourth-order valence-corrected chi connectivity index (χ4v) is 2.88. The van der Waals surface area contributed by atoms with Gasteiger partial charge in [-0.05, 0) is 38.6 Å². The summed E-state index contributed by atoms with van der Waals surface area (Å²) in [5, 5.41) is 3.62. The lowest BCUT2D eigenvalue weighted by molar-refractivity contribution is 0.219. The van der Waals surface area contributed by atoms with E-state index in [4.69, 9.17) is 0 Å². The molecule has 0 radical (unpaired) electrons. The van der Waals surface area contributed by atoms with Crippen LogP contribution in [-0.4, -0.2) is 48.1 Å². The molecule has 0 amide bonds. The molecule has 0 aromatic rings. The van der Waals surface area contributed by atoms with Crippen LogP contribution in [0.3, 0.4) is 0 Å². The fraction of sp³-hybridized carbons (Fsp3) is 1.00. The number of hydrogen-bond acceptors (Lipinski definition) is 3. The van der Waals surface area contributed by atoms with E-state index in [1.165, 1.54) is 44.0 Å². The maximum atomic E-state index is 3.62. The summed E-state index contributed by atoms with van der Waals surface area (Å²) < 4.78 is 0. The number of nitrogens with one attached hydrogen (secondary N) is 1. The highest BCUT2D eigenvalue weighted by atomic mass is 32.2. The molecule has 90 valence electrons. The highest BCUT2D eigenvalue weighted by Crippen LogP contribution is 2.12. The van der Waals surface area contributed by atoms with Crippen LogP contribution >= 0.6 is 11.8 Å². The standard InChI is InChI=1S/C12H26N2S/c1-4-12-9-14(8-6-7-13-12)11(3)10-15-5-2/h11-13H,4-10H2,1-3H3. The molecule has 2 unspecified atom stereocenters. The molecule has 0 saturated carbocycles. The Morgan fingerprint density at radius 2 is 2.27 bits per heavy atom. The van der Waals surface area contributed by atoms with E-state index in [2.05, 4.69) is 42.7 Å². The van der Waals surface area contributed by atoms with Crippen LogP contribution in [0, 0.1) is 0 Å². The number of rotatable bonds is 5. The molecule has 15 heavy (non-hydrogen) atoms. The molecule has 1 aliphatic heterocycles. The van der Waals surface area contributed by atoms with Crippen LogP contribution in [0.4, 0.5) is 0 Å². The van der Waals surface area contributed by atoms with Gasteiger partial charge in [0.25, 0.3) is 0 Å². The van der Waals surface area contributed by atoms with E-state index in [0.717, 1.165) is 6.04 Å². The van der Waals surface area contributed by atoms with Gasteiger partial charge in [-0.1, -0.05) is 13.8 Å². The van der Waals surface area contributed by atoms with Crippen LogP contribution in [0.15, 0.2) is 0 Å². The molecular formula is C12H26N2S. The summed E-state index contributed by atoms with van der Waals surface area (Å²) in [7, 11) is 0. The van der Waals surface area contributed by atoms with Crippen LogP contribution in [0.2, 0.25) is 0 Å². The zero-order valence-electron chi connectivity index (χ0n) is 10.5. The maximum absolute atomic E-state index is 3.62. The first kappa shape index (κ1) is 13.3. The summed E-state index contributed by atoms with van der Waals surface area (Å²) in [4.78, 5) is 2.66. The van der Waals surface area contributed by atoms with E-state index < -0.39 is 0 Å². The van der Waals surface area contributed by atoms with Gasteiger partial charge in [0.15, 0.2) is 0 Å². The molecule has 0 spiro atoms. The molecule has 2 nitrogen and oxygen atoms in total. The van der Waals surface area contributed by atoms with Crippen molar-refractivity contribution in [3.8, 4) is 0 Å². The third kappa shape index (κ3) is 4.75. The molecule has 0 bridgehead atoms. The predicted octanol–water partition coefficient (Wildman–Crippen LogP) is 2.20. The van der Waals surface area contributed by atoms with Gasteiger partial charge >= 0.3 is 0 Å². The molecule has 1 N–H and O–H groups in total. The predicted molar refractivity (Wildman–Crippen MR) is 70.7 cm³/mol. The number of thioether (sulfide) groups is 1. The normalized spacial score (nSPS) is 26.2. The van der Waals surface area contributed by atoms with E-state index in [1.807, 2.05) is 0 Å². The molecule has 1 rings (SSSR count). The smallest absolute Gasteiger partial charge is 0.0192 e. The summed E-state index contributed by atoms with van der Waals surface area (Å²) >= 11 is 2.06. The first-order chi connectivity index (χ1) is 7.27. The Balaban J connectivity index is 2.36. The van der Waals surface area contributed by atoms with Gasteiger partial charge in [-0.3, -0.25) is 4.90 Å². The summed E-state index contributed by atoms with van der Waals surface area (Å²) in [6.07, 6.45) is 2.56. The van der Waals surface area contributed by atoms with Gasteiger partial charge in [0, 0.05) is 24.4 Å². The van der Waals surface area contributed by atoms with Crippen LogP contribution in [-0.2, 0) is 0 Å². The summed E-state index contributed by atoms with van der Waals surface area (Å²) in [6, 6.07) is 1.45. The van der Waals surface area contributed by atoms with Gasteiger partial charge in [-0.25, -0.2) is 0 Å². The van der Waals surface area contributed by atoms with Crippen LogP contribution < -0.4 is 5.32 Å².